The molecule has 1 aromatic carbocycles. The van der Waals surface area contributed by atoms with Crippen molar-refractivity contribution in [1.82, 2.24) is 9.78 Å². The number of hydrogen-bond donors (Lipinski definition) is 1. The van der Waals surface area contributed by atoms with Crippen LogP contribution in [0.5, 0.6) is 5.75 Å². The molecule has 1 aliphatic carbocycles. The average molecular weight is 311 g/mol. The Bertz CT molecular complexity index is 732. The fraction of sp³-hybridized carbons (Fsp3) is 0.444. The minimum absolute atomic E-state index is 0.0454. The van der Waals surface area contributed by atoms with E-state index in [0.29, 0.717) is 12.5 Å². The molecule has 5 heteroatoms. The highest BCUT2D eigenvalue weighted by atomic mass is 16.5. The maximum absolute atomic E-state index is 12.2. The number of rotatable bonds is 3. The highest BCUT2D eigenvalue weighted by Gasteiger charge is 2.32. The van der Waals surface area contributed by atoms with Crippen LogP contribution in [0.4, 0.5) is 5.82 Å². The highest BCUT2D eigenvalue weighted by molar-refractivity contribution is 5.94. The van der Waals surface area contributed by atoms with Crippen LogP contribution in [0.25, 0.3) is 0 Å². The van der Waals surface area contributed by atoms with Gasteiger partial charge in [0.1, 0.15) is 11.6 Å². The van der Waals surface area contributed by atoms with E-state index in [1.54, 1.807) is 7.11 Å². The first-order chi connectivity index (χ1) is 11.3. The summed E-state index contributed by atoms with van der Waals surface area (Å²) < 4.78 is 7.36. The van der Waals surface area contributed by atoms with Crippen molar-refractivity contribution >= 4 is 11.7 Å². The second kappa shape index (κ2) is 5.72. The fourth-order valence-electron chi connectivity index (χ4n) is 3.82. The summed E-state index contributed by atoms with van der Waals surface area (Å²) in [6.07, 6.45) is 7.16. The first-order valence-corrected chi connectivity index (χ1v) is 8.27. The van der Waals surface area contributed by atoms with Crippen molar-refractivity contribution in [3.63, 3.8) is 0 Å². The number of fused-ring (bicyclic) bond motifs is 1. The number of carbonyl (C=O) groups excluding carboxylic acids is 1. The zero-order valence-electron chi connectivity index (χ0n) is 13.3. The smallest absolute Gasteiger partial charge is 0.226 e. The van der Waals surface area contributed by atoms with E-state index in [-0.39, 0.29) is 11.8 Å². The predicted molar refractivity (Wildman–Crippen MR) is 87.8 cm³/mol. The second-order valence-electron chi connectivity index (χ2n) is 6.41. The number of benzene rings is 1. The van der Waals surface area contributed by atoms with Crippen LogP contribution < -0.4 is 10.1 Å². The van der Waals surface area contributed by atoms with Crippen molar-refractivity contribution in [1.29, 1.82) is 0 Å². The minimum atomic E-state index is 0.0454. The summed E-state index contributed by atoms with van der Waals surface area (Å²) in [6, 6.07) is 8.39. The first kappa shape index (κ1) is 14.3. The summed E-state index contributed by atoms with van der Waals surface area (Å²) in [4.78, 5) is 12.2. The molecule has 120 valence electrons. The molecule has 1 amide bonds. The Kier molecular flexibility index (Phi) is 3.56. The molecular formula is C18H21N3O2. The monoisotopic (exact) mass is 311 g/mol. The van der Waals surface area contributed by atoms with Gasteiger partial charge in [0.25, 0.3) is 0 Å². The second-order valence-corrected chi connectivity index (χ2v) is 6.41. The molecule has 5 nitrogen and oxygen atoms in total. The van der Waals surface area contributed by atoms with Gasteiger partial charge in [-0.05, 0) is 30.5 Å². The van der Waals surface area contributed by atoms with Gasteiger partial charge in [-0.2, -0.15) is 5.10 Å². The molecule has 23 heavy (non-hydrogen) atoms. The van der Waals surface area contributed by atoms with E-state index < -0.39 is 0 Å². The van der Waals surface area contributed by atoms with Gasteiger partial charge < -0.3 is 10.1 Å². The number of carbonyl (C=O) groups is 1. The number of anilines is 1. The summed E-state index contributed by atoms with van der Waals surface area (Å²) in [6.45, 7) is 0. The summed E-state index contributed by atoms with van der Waals surface area (Å²) in [5.41, 5.74) is 2.22. The molecule has 0 saturated heterocycles. The third kappa shape index (κ3) is 2.50. The van der Waals surface area contributed by atoms with Crippen LogP contribution in [0.1, 0.15) is 55.2 Å². The molecule has 2 aromatic rings. The number of methoxy groups -OCH3 is 1. The Morgan fingerprint density at radius 1 is 1.30 bits per heavy atom. The van der Waals surface area contributed by atoms with Gasteiger partial charge in [-0.15, -0.1) is 0 Å². The van der Waals surface area contributed by atoms with E-state index in [1.165, 1.54) is 12.8 Å². The Morgan fingerprint density at radius 3 is 2.91 bits per heavy atom. The Hall–Kier alpha value is -2.30. The van der Waals surface area contributed by atoms with Crippen LogP contribution in [0, 0.1) is 0 Å². The van der Waals surface area contributed by atoms with Gasteiger partial charge in [-0.1, -0.05) is 25.0 Å². The van der Waals surface area contributed by atoms with Gasteiger partial charge in [0.2, 0.25) is 5.91 Å². The average Bonchev–Trinajstić information content (AvgIpc) is 3.23. The number of aromatic nitrogens is 2. The largest absolute Gasteiger partial charge is 0.497 e. The zero-order chi connectivity index (χ0) is 15.8. The minimum Gasteiger partial charge on any atom is -0.497 e. The van der Waals surface area contributed by atoms with E-state index >= 15 is 0 Å². The van der Waals surface area contributed by atoms with E-state index in [9.17, 15) is 4.79 Å². The van der Waals surface area contributed by atoms with Gasteiger partial charge in [-0.25, -0.2) is 4.68 Å². The molecule has 1 aliphatic heterocycles. The van der Waals surface area contributed by atoms with Crippen molar-refractivity contribution in [3.8, 4) is 5.75 Å². The molecule has 1 aromatic heterocycles. The molecule has 0 bridgehead atoms. The topological polar surface area (TPSA) is 56.1 Å². The van der Waals surface area contributed by atoms with E-state index in [2.05, 4.69) is 16.5 Å². The van der Waals surface area contributed by atoms with Crippen LogP contribution in [0.2, 0.25) is 0 Å². The lowest BCUT2D eigenvalue weighted by molar-refractivity contribution is -0.116. The van der Waals surface area contributed by atoms with Crippen molar-refractivity contribution in [2.24, 2.45) is 0 Å². The summed E-state index contributed by atoms with van der Waals surface area (Å²) in [5.74, 6) is 1.81. The maximum Gasteiger partial charge on any atom is 0.226 e. The molecule has 1 unspecified atom stereocenters. The van der Waals surface area contributed by atoms with Crippen LogP contribution in [-0.2, 0) is 4.79 Å². The molecule has 4 rings (SSSR count). The van der Waals surface area contributed by atoms with Crippen molar-refractivity contribution < 1.29 is 9.53 Å². The summed E-state index contributed by atoms with van der Waals surface area (Å²) >= 11 is 0. The Balaban J connectivity index is 1.74. The van der Waals surface area contributed by atoms with E-state index in [4.69, 9.17) is 4.74 Å². The lowest BCUT2D eigenvalue weighted by Crippen LogP contribution is -2.25. The number of amides is 1. The van der Waals surface area contributed by atoms with Crippen molar-refractivity contribution in [2.45, 2.75) is 44.1 Å². The number of nitrogens with zero attached hydrogens (tertiary/aromatic N) is 2. The molecular weight excluding hydrogens is 290 g/mol. The zero-order valence-corrected chi connectivity index (χ0v) is 13.3. The quantitative estimate of drug-likeness (QED) is 0.944. The number of nitrogens with one attached hydrogen (secondary N) is 1. The molecule has 0 spiro atoms. The van der Waals surface area contributed by atoms with Gasteiger partial charge in [0, 0.05) is 17.9 Å². The molecule has 1 fully saturated rings. The van der Waals surface area contributed by atoms with Crippen molar-refractivity contribution in [2.75, 3.05) is 12.4 Å². The fourth-order valence-corrected chi connectivity index (χ4v) is 3.82. The lowest BCUT2D eigenvalue weighted by Gasteiger charge is -2.25. The number of hydrogen-bond acceptors (Lipinski definition) is 3. The Morgan fingerprint density at radius 2 is 2.13 bits per heavy atom. The predicted octanol–water partition coefficient (Wildman–Crippen LogP) is 3.48. The van der Waals surface area contributed by atoms with Crippen LogP contribution >= 0.6 is 0 Å². The van der Waals surface area contributed by atoms with Crippen LogP contribution in [0.3, 0.4) is 0 Å². The van der Waals surface area contributed by atoms with E-state index in [1.807, 2.05) is 29.1 Å². The molecule has 1 atom stereocenters. The van der Waals surface area contributed by atoms with Crippen LogP contribution in [-0.4, -0.2) is 22.8 Å². The third-order valence-corrected chi connectivity index (χ3v) is 5.01. The first-order valence-electron chi connectivity index (χ1n) is 8.27. The highest BCUT2D eigenvalue weighted by Crippen LogP contribution is 2.41. The number of ether oxygens (including phenoxy) is 1. The Labute approximate surface area is 135 Å². The van der Waals surface area contributed by atoms with Gasteiger partial charge in [0.05, 0.1) is 19.3 Å². The molecule has 2 heterocycles. The SMILES string of the molecule is COc1cccc(C2CC(=O)Nc3c2cnn3C2CCCC2)c1. The normalized spacial score (nSPS) is 21.1. The standard InChI is InChI=1S/C18H21N3O2/c1-23-14-8-4-5-12(9-14)15-10-17(22)20-18-16(15)11-19-21(18)13-6-2-3-7-13/h4-5,8-9,11,13,15H,2-3,6-7,10H2,1H3,(H,20,22). The summed E-state index contributed by atoms with van der Waals surface area (Å²) in [5, 5.41) is 7.65. The maximum atomic E-state index is 12.2. The van der Waals surface area contributed by atoms with E-state index in [0.717, 1.165) is 35.5 Å². The molecule has 1 N–H and O–H groups in total. The van der Waals surface area contributed by atoms with Gasteiger partial charge in [-0.3, -0.25) is 4.79 Å². The van der Waals surface area contributed by atoms with Gasteiger partial charge >= 0.3 is 0 Å². The molecule has 1 saturated carbocycles. The molecule has 0 radical (unpaired) electrons. The van der Waals surface area contributed by atoms with Gasteiger partial charge in [0.15, 0.2) is 0 Å². The van der Waals surface area contributed by atoms with Crippen LogP contribution in [0.15, 0.2) is 30.5 Å². The van der Waals surface area contributed by atoms with Crippen molar-refractivity contribution in [3.05, 3.63) is 41.6 Å². The third-order valence-electron chi connectivity index (χ3n) is 5.01. The molecule has 2 aliphatic rings. The summed E-state index contributed by atoms with van der Waals surface area (Å²) in [7, 11) is 1.66. The lowest BCUT2D eigenvalue weighted by atomic mass is 9.87.